The first-order valence-electron chi connectivity index (χ1n) is 6.16. The number of rotatable bonds is 4. The molecule has 0 saturated carbocycles. The molecule has 1 unspecified atom stereocenters. The second-order valence-electron chi connectivity index (χ2n) is 4.45. The number of hydrogen-bond donors (Lipinski definition) is 0. The van der Waals surface area contributed by atoms with Crippen LogP contribution in [0, 0.1) is 18.3 Å². The van der Waals surface area contributed by atoms with Crippen LogP contribution in [0.4, 0.5) is 0 Å². The van der Waals surface area contributed by atoms with Crippen molar-refractivity contribution in [2.75, 3.05) is 7.11 Å². The zero-order valence-corrected chi connectivity index (χ0v) is 12.2. The van der Waals surface area contributed by atoms with Gasteiger partial charge in [0.15, 0.2) is 0 Å². The Balaban J connectivity index is 2.20. The van der Waals surface area contributed by atoms with Crippen LogP contribution in [0.2, 0.25) is 0 Å². The molecule has 3 nitrogen and oxygen atoms in total. The lowest BCUT2D eigenvalue weighted by Crippen LogP contribution is -1.98. The number of nitriles is 1. The van der Waals surface area contributed by atoms with Gasteiger partial charge in [-0.15, -0.1) is 0 Å². The Morgan fingerprint density at radius 1 is 1.20 bits per heavy atom. The maximum absolute atomic E-state index is 12.3. The molecule has 2 aromatic rings. The highest BCUT2D eigenvalue weighted by Crippen LogP contribution is 2.21. The van der Waals surface area contributed by atoms with E-state index in [-0.39, 0.29) is 0 Å². The molecule has 0 spiro atoms. The minimum Gasteiger partial charge on any atom is -0.495 e. The minimum absolute atomic E-state index is 0.408. The van der Waals surface area contributed by atoms with E-state index < -0.39 is 10.8 Å². The summed E-state index contributed by atoms with van der Waals surface area (Å²) in [5, 5.41) is 8.94. The van der Waals surface area contributed by atoms with E-state index in [1.807, 2.05) is 37.3 Å². The normalized spacial score (nSPS) is 11.7. The van der Waals surface area contributed by atoms with Crippen molar-refractivity contribution in [3.05, 3.63) is 59.2 Å². The third-order valence-electron chi connectivity index (χ3n) is 2.97. The molecule has 2 rings (SSSR count). The van der Waals surface area contributed by atoms with Gasteiger partial charge in [0.05, 0.1) is 29.2 Å². The first kappa shape index (κ1) is 14.3. The molecule has 1 atom stereocenters. The standard InChI is InChI=1S/C16H15NO2S/c1-12-3-7-15(8-4-12)20(18)11-13-5-6-14(10-17)16(9-13)19-2/h3-9H,11H2,1-2H3. The predicted octanol–water partition coefficient (Wildman–Crippen LogP) is 3.18. The summed E-state index contributed by atoms with van der Waals surface area (Å²) in [7, 11) is 0.425. The molecule has 0 radical (unpaired) electrons. The van der Waals surface area contributed by atoms with E-state index in [0.29, 0.717) is 17.1 Å². The Bertz CT molecular complexity index is 672. The smallest absolute Gasteiger partial charge is 0.136 e. The largest absolute Gasteiger partial charge is 0.495 e. The summed E-state index contributed by atoms with van der Waals surface area (Å²) in [5.74, 6) is 0.927. The maximum atomic E-state index is 12.3. The second-order valence-corrected chi connectivity index (χ2v) is 5.90. The van der Waals surface area contributed by atoms with Crippen molar-refractivity contribution in [3.63, 3.8) is 0 Å². The van der Waals surface area contributed by atoms with Crippen molar-refractivity contribution < 1.29 is 8.95 Å². The molecule has 0 N–H and O–H groups in total. The van der Waals surface area contributed by atoms with Crippen LogP contribution < -0.4 is 4.74 Å². The van der Waals surface area contributed by atoms with Crippen molar-refractivity contribution in [2.24, 2.45) is 0 Å². The number of aryl methyl sites for hydroxylation is 1. The average Bonchev–Trinajstić information content (AvgIpc) is 2.47. The third kappa shape index (κ3) is 3.25. The Hall–Kier alpha value is -2.12. The van der Waals surface area contributed by atoms with Gasteiger partial charge in [0.1, 0.15) is 11.8 Å². The summed E-state index contributed by atoms with van der Waals surface area (Å²) >= 11 is 0. The molecule has 0 amide bonds. The Morgan fingerprint density at radius 3 is 2.50 bits per heavy atom. The molecule has 0 aliphatic heterocycles. The van der Waals surface area contributed by atoms with Crippen LogP contribution >= 0.6 is 0 Å². The van der Waals surface area contributed by atoms with Crippen LogP contribution in [-0.4, -0.2) is 11.3 Å². The van der Waals surface area contributed by atoms with Gasteiger partial charge in [-0.25, -0.2) is 0 Å². The lowest BCUT2D eigenvalue weighted by atomic mass is 10.1. The van der Waals surface area contributed by atoms with Crippen LogP contribution in [0.1, 0.15) is 16.7 Å². The molecule has 0 bridgehead atoms. The van der Waals surface area contributed by atoms with Gasteiger partial charge in [-0.1, -0.05) is 23.8 Å². The van der Waals surface area contributed by atoms with Crippen LogP contribution in [0.5, 0.6) is 5.75 Å². The van der Waals surface area contributed by atoms with Gasteiger partial charge in [-0.05, 0) is 36.8 Å². The van der Waals surface area contributed by atoms with Gasteiger partial charge >= 0.3 is 0 Å². The first-order valence-corrected chi connectivity index (χ1v) is 7.48. The fourth-order valence-corrected chi connectivity index (χ4v) is 2.93. The average molecular weight is 285 g/mol. The molecule has 102 valence electrons. The van der Waals surface area contributed by atoms with Crippen molar-refractivity contribution in [3.8, 4) is 11.8 Å². The fourth-order valence-electron chi connectivity index (χ4n) is 1.84. The van der Waals surface area contributed by atoms with E-state index in [0.717, 1.165) is 16.0 Å². The number of methoxy groups -OCH3 is 1. The SMILES string of the molecule is COc1cc(CS(=O)c2ccc(C)cc2)ccc1C#N. The summed E-state index contributed by atoms with van der Waals surface area (Å²) in [6.45, 7) is 2.00. The van der Waals surface area contributed by atoms with Gasteiger partial charge < -0.3 is 4.74 Å². The Kier molecular flexibility index (Phi) is 4.54. The van der Waals surface area contributed by atoms with Gasteiger partial charge in [0, 0.05) is 4.90 Å². The lowest BCUT2D eigenvalue weighted by molar-refractivity contribution is 0.413. The third-order valence-corrected chi connectivity index (χ3v) is 4.36. The molecule has 2 aromatic carbocycles. The van der Waals surface area contributed by atoms with Gasteiger partial charge in [-0.3, -0.25) is 4.21 Å². The lowest BCUT2D eigenvalue weighted by Gasteiger charge is -2.07. The van der Waals surface area contributed by atoms with Crippen molar-refractivity contribution >= 4 is 10.8 Å². The molecule has 4 heteroatoms. The van der Waals surface area contributed by atoms with Crippen LogP contribution in [0.15, 0.2) is 47.4 Å². The van der Waals surface area contributed by atoms with Crippen LogP contribution in [-0.2, 0) is 16.6 Å². The molecule has 0 aliphatic rings. The summed E-state index contributed by atoms with van der Waals surface area (Å²) in [4.78, 5) is 0.805. The van der Waals surface area contributed by atoms with Gasteiger partial charge in [0.2, 0.25) is 0 Å². The Labute approximate surface area is 121 Å². The van der Waals surface area contributed by atoms with E-state index >= 15 is 0 Å². The number of nitrogens with zero attached hydrogens (tertiary/aromatic N) is 1. The summed E-state index contributed by atoms with van der Waals surface area (Å²) < 4.78 is 17.4. The Morgan fingerprint density at radius 2 is 1.90 bits per heavy atom. The van der Waals surface area contributed by atoms with Crippen molar-refractivity contribution in [1.82, 2.24) is 0 Å². The minimum atomic E-state index is -1.10. The summed E-state index contributed by atoms with van der Waals surface area (Å²) in [5.41, 5.74) is 2.52. The number of ether oxygens (including phenoxy) is 1. The first-order chi connectivity index (χ1) is 9.63. The van der Waals surface area contributed by atoms with Crippen molar-refractivity contribution in [2.45, 2.75) is 17.6 Å². The molecule has 0 heterocycles. The summed E-state index contributed by atoms with van der Waals surface area (Å²) in [6.07, 6.45) is 0. The zero-order chi connectivity index (χ0) is 14.5. The predicted molar refractivity (Wildman–Crippen MR) is 79.0 cm³/mol. The van der Waals surface area contributed by atoms with E-state index in [4.69, 9.17) is 10.00 Å². The highest BCUT2D eigenvalue weighted by Gasteiger charge is 2.08. The topological polar surface area (TPSA) is 50.1 Å². The fraction of sp³-hybridized carbons (Fsp3) is 0.188. The second kappa shape index (κ2) is 6.36. The molecule has 20 heavy (non-hydrogen) atoms. The maximum Gasteiger partial charge on any atom is 0.136 e. The quantitative estimate of drug-likeness (QED) is 0.867. The summed E-state index contributed by atoms with van der Waals surface area (Å²) in [6, 6.07) is 15.0. The number of hydrogen-bond acceptors (Lipinski definition) is 3. The van der Waals surface area contributed by atoms with E-state index in [1.54, 1.807) is 12.1 Å². The van der Waals surface area contributed by atoms with Crippen molar-refractivity contribution in [1.29, 1.82) is 5.26 Å². The highest BCUT2D eigenvalue weighted by atomic mass is 32.2. The van der Waals surface area contributed by atoms with Crippen LogP contribution in [0.25, 0.3) is 0 Å². The molecule has 0 aromatic heterocycles. The zero-order valence-electron chi connectivity index (χ0n) is 11.4. The van der Waals surface area contributed by atoms with E-state index in [1.165, 1.54) is 7.11 Å². The molecule has 0 aliphatic carbocycles. The van der Waals surface area contributed by atoms with E-state index in [2.05, 4.69) is 6.07 Å². The van der Waals surface area contributed by atoms with Gasteiger partial charge in [-0.2, -0.15) is 5.26 Å². The molecular formula is C16H15NO2S. The molecule has 0 fully saturated rings. The molecule has 0 saturated heterocycles. The van der Waals surface area contributed by atoms with Crippen LogP contribution in [0.3, 0.4) is 0 Å². The monoisotopic (exact) mass is 285 g/mol. The van der Waals surface area contributed by atoms with E-state index in [9.17, 15) is 4.21 Å². The molecular weight excluding hydrogens is 270 g/mol. The van der Waals surface area contributed by atoms with Gasteiger partial charge in [0.25, 0.3) is 0 Å². The highest BCUT2D eigenvalue weighted by molar-refractivity contribution is 7.84. The number of benzene rings is 2.